The van der Waals surface area contributed by atoms with Gasteiger partial charge in [-0.1, -0.05) is 24.2 Å². The van der Waals surface area contributed by atoms with Gasteiger partial charge in [-0.25, -0.2) is 4.39 Å². The van der Waals surface area contributed by atoms with Crippen LogP contribution in [0.15, 0.2) is 48.5 Å². The molecular weight excluding hydrogens is 333 g/mol. The Labute approximate surface area is 156 Å². The summed E-state index contributed by atoms with van der Waals surface area (Å²) in [5, 5.41) is 3.05. The van der Waals surface area contributed by atoms with Crippen molar-refractivity contribution in [1.29, 1.82) is 0 Å². The third-order valence-corrected chi connectivity index (χ3v) is 3.86. The molecule has 0 spiro atoms. The number of hydrogen-bond acceptors (Lipinski definition) is 4. The van der Waals surface area contributed by atoms with Crippen LogP contribution in [0.25, 0.3) is 0 Å². The molecular formula is C21H28FNO3. The van der Waals surface area contributed by atoms with Crippen molar-refractivity contribution in [2.75, 3.05) is 52.1 Å². The molecule has 0 aromatic heterocycles. The fraction of sp³-hybridized carbons (Fsp3) is 0.429. The summed E-state index contributed by atoms with van der Waals surface area (Å²) < 4.78 is 35.9. The van der Waals surface area contributed by atoms with Crippen molar-refractivity contribution < 1.29 is 20.0 Å². The van der Waals surface area contributed by atoms with Crippen LogP contribution in [0, 0.1) is 0 Å². The van der Waals surface area contributed by atoms with Crippen molar-refractivity contribution in [3.05, 3.63) is 59.6 Å². The van der Waals surface area contributed by atoms with E-state index in [0.29, 0.717) is 32.5 Å². The summed E-state index contributed by atoms with van der Waals surface area (Å²) in [6, 6.07) is 14.4. The van der Waals surface area contributed by atoms with Crippen LogP contribution in [0.1, 0.15) is 12.5 Å². The highest BCUT2D eigenvalue weighted by molar-refractivity contribution is 5.44. The minimum absolute atomic E-state index is 0.122. The van der Waals surface area contributed by atoms with Crippen LogP contribution in [0.2, 0.25) is 0 Å². The maximum atomic E-state index is 11.8. The molecule has 5 heteroatoms. The first-order chi connectivity index (χ1) is 13.2. The van der Waals surface area contributed by atoms with Crippen LogP contribution in [0.5, 0.6) is 5.75 Å². The molecule has 0 saturated carbocycles. The molecule has 2 aromatic carbocycles. The predicted molar refractivity (Wildman–Crippen MR) is 103 cm³/mol. The highest BCUT2D eigenvalue weighted by Gasteiger charge is 1.99. The zero-order valence-corrected chi connectivity index (χ0v) is 15.3. The van der Waals surface area contributed by atoms with Gasteiger partial charge >= 0.3 is 0 Å². The van der Waals surface area contributed by atoms with Crippen molar-refractivity contribution in [3.8, 4) is 5.75 Å². The third kappa shape index (κ3) is 7.85. The number of ether oxygens (including phenoxy) is 3. The summed E-state index contributed by atoms with van der Waals surface area (Å²) in [7, 11) is 1.85. The predicted octanol–water partition coefficient (Wildman–Crippen LogP) is 3.90. The molecule has 0 aliphatic rings. The number of hydrogen-bond donors (Lipinski definition) is 1. The van der Waals surface area contributed by atoms with Gasteiger partial charge in [0.25, 0.3) is 0 Å². The first-order valence-corrected chi connectivity index (χ1v) is 8.93. The number of anilines is 1. The second-order valence-electron chi connectivity index (χ2n) is 5.76. The van der Waals surface area contributed by atoms with E-state index in [2.05, 4.69) is 5.32 Å². The topological polar surface area (TPSA) is 39.7 Å². The Kier molecular flexibility index (Phi) is 8.82. The van der Waals surface area contributed by atoms with Crippen LogP contribution in [-0.2, 0) is 22.3 Å². The number of rotatable bonds is 13. The Morgan fingerprint density at radius 1 is 0.846 bits per heavy atom. The third-order valence-electron chi connectivity index (χ3n) is 3.86. The molecule has 0 saturated heterocycles. The van der Waals surface area contributed by atoms with Crippen molar-refractivity contribution in [2.45, 2.75) is 12.8 Å². The maximum absolute atomic E-state index is 11.8. The summed E-state index contributed by atoms with van der Waals surface area (Å²) in [6.07, 6.45) is 1.72. The van der Waals surface area contributed by atoms with Crippen LogP contribution in [-0.4, -0.2) is 46.8 Å². The van der Waals surface area contributed by atoms with Crippen LogP contribution in [0.4, 0.5) is 10.1 Å². The lowest BCUT2D eigenvalue weighted by Gasteiger charge is -2.08. The second kappa shape index (κ2) is 12.3. The molecule has 0 heterocycles. The van der Waals surface area contributed by atoms with Crippen molar-refractivity contribution in [2.24, 2.45) is 0 Å². The summed E-state index contributed by atoms with van der Waals surface area (Å²) in [4.78, 5) is 0. The molecule has 4 nitrogen and oxygen atoms in total. The standard InChI is InChI=1S/C21H28FNO3/c1-23-20-8-4-18(5-9-20)2-3-19-6-10-21(11-7-19)26-17-16-25-15-14-24-13-12-22/h4-11,23H,2-3,12-17H2,1H3/i4D. The quantitative estimate of drug-likeness (QED) is 0.549. The fourth-order valence-corrected chi connectivity index (χ4v) is 2.39. The first-order valence-electron chi connectivity index (χ1n) is 9.43. The SMILES string of the molecule is [2H]c1cc(NC)ccc1CCc1ccc(OCCOCCOCCF)cc1. The van der Waals surface area contributed by atoms with Gasteiger partial charge < -0.3 is 19.5 Å². The van der Waals surface area contributed by atoms with E-state index in [9.17, 15) is 4.39 Å². The van der Waals surface area contributed by atoms with Gasteiger partial charge in [-0.05, 0) is 48.2 Å². The molecule has 2 rings (SSSR count). The summed E-state index contributed by atoms with van der Waals surface area (Å²) in [5.74, 6) is 0.801. The minimum atomic E-state index is -0.466. The number of halogens is 1. The van der Waals surface area contributed by atoms with Gasteiger partial charge in [-0.2, -0.15) is 0 Å². The molecule has 26 heavy (non-hydrogen) atoms. The van der Waals surface area contributed by atoms with Crippen molar-refractivity contribution in [1.82, 2.24) is 0 Å². The Balaban J connectivity index is 1.66. The van der Waals surface area contributed by atoms with E-state index in [4.69, 9.17) is 15.6 Å². The molecule has 2 aromatic rings. The zero-order chi connectivity index (χ0) is 19.3. The average Bonchev–Trinajstić information content (AvgIpc) is 2.70. The van der Waals surface area contributed by atoms with Gasteiger partial charge in [0.1, 0.15) is 19.0 Å². The second-order valence-corrected chi connectivity index (χ2v) is 5.76. The Hall–Kier alpha value is -2.11. The Morgan fingerprint density at radius 3 is 2.19 bits per heavy atom. The molecule has 0 unspecified atom stereocenters. The largest absolute Gasteiger partial charge is 0.491 e. The fourth-order valence-electron chi connectivity index (χ4n) is 2.39. The van der Waals surface area contributed by atoms with Gasteiger partial charge in [0.15, 0.2) is 0 Å². The van der Waals surface area contributed by atoms with Gasteiger partial charge in [-0.15, -0.1) is 0 Å². The molecule has 1 N–H and O–H groups in total. The smallest absolute Gasteiger partial charge is 0.119 e. The van der Waals surface area contributed by atoms with Crippen LogP contribution in [0.3, 0.4) is 0 Å². The highest BCUT2D eigenvalue weighted by atomic mass is 19.1. The number of nitrogens with one attached hydrogen (secondary N) is 1. The van der Waals surface area contributed by atoms with Gasteiger partial charge in [0.2, 0.25) is 0 Å². The van der Waals surface area contributed by atoms with E-state index in [1.54, 1.807) is 0 Å². The first kappa shape index (κ1) is 18.7. The summed E-state index contributed by atoms with van der Waals surface area (Å²) in [5.41, 5.74) is 3.21. The van der Waals surface area contributed by atoms with Gasteiger partial charge in [-0.3, -0.25) is 0 Å². The number of aryl methyl sites for hydroxylation is 2. The van der Waals surface area contributed by atoms with Crippen LogP contribution < -0.4 is 10.1 Å². The molecule has 0 radical (unpaired) electrons. The Morgan fingerprint density at radius 2 is 1.50 bits per heavy atom. The lowest BCUT2D eigenvalue weighted by atomic mass is 10.0. The molecule has 0 atom stereocenters. The minimum Gasteiger partial charge on any atom is -0.491 e. The molecule has 0 bridgehead atoms. The van der Waals surface area contributed by atoms with Gasteiger partial charge in [0.05, 0.1) is 27.8 Å². The molecule has 0 aliphatic heterocycles. The van der Waals surface area contributed by atoms with E-state index in [1.165, 1.54) is 5.56 Å². The van der Waals surface area contributed by atoms with E-state index < -0.39 is 6.67 Å². The van der Waals surface area contributed by atoms with Crippen molar-refractivity contribution >= 4 is 5.69 Å². The molecule has 0 fully saturated rings. The Bertz CT molecular complexity index is 667. The molecule has 142 valence electrons. The van der Waals surface area contributed by atoms with E-state index in [0.717, 1.165) is 29.8 Å². The number of alkyl halides is 1. The maximum Gasteiger partial charge on any atom is 0.119 e. The lowest BCUT2D eigenvalue weighted by molar-refractivity contribution is 0.0325. The van der Waals surface area contributed by atoms with E-state index >= 15 is 0 Å². The lowest BCUT2D eigenvalue weighted by Crippen LogP contribution is -2.11. The average molecular weight is 362 g/mol. The van der Waals surface area contributed by atoms with E-state index in [1.807, 2.05) is 49.5 Å². The van der Waals surface area contributed by atoms with Gasteiger partial charge in [0, 0.05) is 12.7 Å². The highest BCUT2D eigenvalue weighted by Crippen LogP contribution is 2.15. The number of benzene rings is 2. The summed E-state index contributed by atoms with van der Waals surface area (Å²) in [6.45, 7) is 1.42. The molecule has 0 amide bonds. The summed E-state index contributed by atoms with van der Waals surface area (Å²) >= 11 is 0. The van der Waals surface area contributed by atoms with Crippen LogP contribution >= 0.6 is 0 Å². The van der Waals surface area contributed by atoms with E-state index in [-0.39, 0.29) is 6.61 Å². The zero-order valence-electron chi connectivity index (χ0n) is 16.3. The normalized spacial score (nSPS) is 11.2. The van der Waals surface area contributed by atoms with Crippen molar-refractivity contribution in [3.63, 3.8) is 0 Å². The molecule has 0 aliphatic carbocycles. The monoisotopic (exact) mass is 362 g/mol.